The zero-order valence-electron chi connectivity index (χ0n) is 45.8. The van der Waals surface area contributed by atoms with E-state index in [4.69, 9.17) is 0 Å². The van der Waals surface area contributed by atoms with Crippen LogP contribution in [0.3, 0.4) is 0 Å². The molecule has 0 aliphatic heterocycles. The molecule has 0 spiro atoms. The van der Waals surface area contributed by atoms with Crippen LogP contribution in [0.15, 0.2) is 37.5 Å². The molecule has 408 valence electrons. The van der Waals surface area contributed by atoms with E-state index in [1.165, 1.54) is 122 Å². The second-order valence-corrected chi connectivity index (χ2v) is 26.3. The lowest BCUT2D eigenvalue weighted by Crippen LogP contribution is -2.29. The Kier molecular flexibility index (Phi) is 27.8. The molecule has 0 saturated heterocycles. The van der Waals surface area contributed by atoms with Crippen molar-refractivity contribution in [2.24, 2.45) is 107 Å². The van der Waals surface area contributed by atoms with E-state index in [1.807, 2.05) is 0 Å². The quantitative estimate of drug-likeness (QED) is 0.195. The molecule has 0 amide bonds. The Labute approximate surface area is 432 Å². The second-order valence-electron chi connectivity index (χ2n) is 26.3. The minimum absolute atomic E-state index is 0. The van der Waals surface area contributed by atoms with Gasteiger partial charge < -0.3 is 16.4 Å². The van der Waals surface area contributed by atoms with Crippen LogP contribution in [-0.2, 0) is 0 Å². The molecule has 0 atom stereocenters. The third-order valence-electron chi connectivity index (χ3n) is 22.6. The summed E-state index contributed by atoms with van der Waals surface area (Å²) in [7, 11) is 0. The van der Waals surface area contributed by atoms with Crippen molar-refractivity contribution in [3.05, 3.63) is 37.5 Å². The van der Waals surface area contributed by atoms with Crippen molar-refractivity contribution in [2.45, 2.75) is 265 Å². The van der Waals surface area contributed by atoms with Gasteiger partial charge in [0.05, 0.1) is 0 Å². The Hall–Kier alpha value is -0.900. The second kappa shape index (κ2) is 31.6. The summed E-state index contributed by atoms with van der Waals surface area (Å²) >= 11 is 0. The van der Waals surface area contributed by atoms with E-state index in [2.05, 4.69) is 65.2 Å². The lowest BCUT2D eigenvalue weighted by Gasteiger charge is -2.41. The molecule has 9 fully saturated rings. The lowest BCUT2D eigenvalue weighted by molar-refractivity contribution is 0.108. The van der Waals surface area contributed by atoms with Gasteiger partial charge in [-0.25, -0.2) is 0 Å². The van der Waals surface area contributed by atoms with Crippen molar-refractivity contribution < 1.29 is 25.0 Å². The highest BCUT2D eigenvalue weighted by molar-refractivity contribution is 4.93. The Bertz CT molecular complexity index is 1330. The lowest BCUT2D eigenvalue weighted by atomic mass is 9.65. The Morgan fingerprint density at radius 1 is 0.309 bits per heavy atom. The molecule has 3 heteroatoms. The van der Waals surface area contributed by atoms with Crippen molar-refractivity contribution in [2.75, 3.05) is 0 Å². The highest BCUT2D eigenvalue weighted by Gasteiger charge is 2.37. The van der Waals surface area contributed by atoms with Crippen LogP contribution in [0.25, 0.3) is 0 Å². The molecule has 6 N–H and O–H groups in total. The number of hydrogen-bond acceptors (Lipinski definition) is 0. The van der Waals surface area contributed by atoms with Gasteiger partial charge in [0.1, 0.15) is 0 Å². The molecule has 3 nitrogen and oxygen atoms in total. The van der Waals surface area contributed by atoms with Crippen molar-refractivity contribution in [3.63, 3.8) is 0 Å². The highest BCUT2D eigenvalue weighted by Crippen LogP contribution is 2.49. The minimum atomic E-state index is 0. The van der Waals surface area contributed by atoms with Crippen LogP contribution in [0.5, 0.6) is 0 Å². The first-order chi connectivity index (χ1) is 31.8. The van der Waals surface area contributed by atoms with Crippen LogP contribution in [0.2, 0.25) is 0 Å². The van der Waals surface area contributed by atoms with Crippen LogP contribution < -0.4 is 0 Å². The monoisotopic (exact) mass is 959 g/mol. The van der Waals surface area contributed by atoms with E-state index in [9.17, 15) is 0 Å². The van der Waals surface area contributed by atoms with E-state index >= 15 is 0 Å². The maximum absolute atomic E-state index is 4.00. The maximum atomic E-state index is 4.00. The molecule has 0 aromatic rings. The molecule has 0 heterocycles. The molecule has 9 aliphatic carbocycles. The van der Waals surface area contributed by atoms with Gasteiger partial charge in [0, 0.05) is 8.56 Å². The fourth-order valence-corrected chi connectivity index (χ4v) is 17.6. The summed E-state index contributed by atoms with van der Waals surface area (Å²) in [5.41, 5.74) is 0. The predicted molar refractivity (Wildman–Crippen MR) is 309 cm³/mol. The number of hydrogen-bond donors (Lipinski definition) is 0. The summed E-state index contributed by atoms with van der Waals surface area (Å²) in [6, 6.07) is 0. The first kappa shape index (κ1) is 59.7. The summed E-state index contributed by atoms with van der Waals surface area (Å²) < 4.78 is 0. The first-order valence-corrected chi connectivity index (χ1v) is 30.7. The fraction of sp³-hybridized carbons (Fsp3) is 0.908. The van der Waals surface area contributed by atoms with Gasteiger partial charge in [-0.05, 0) is 306 Å². The normalized spacial score (nSPS) is 42.4. The smallest absolute Gasteiger partial charge is 0 e. The fourth-order valence-electron chi connectivity index (χ4n) is 17.6. The Balaban J connectivity index is -0.000000963. The van der Waals surface area contributed by atoms with Gasteiger partial charge in [0.15, 0.2) is 0 Å². The van der Waals surface area contributed by atoms with Gasteiger partial charge >= 0.3 is 0 Å². The highest BCUT2D eigenvalue weighted by atomic mass is 16.0. The van der Waals surface area contributed by atoms with E-state index < -0.39 is 0 Å². The van der Waals surface area contributed by atoms with Crippen LogP contribution in [0.4, 0.5) is 0 Å². The molecule has 9 rings (SSSR count). The zero-order valence-corrected chi connectivity index (χ0v) is 45.8. The molecular formula is C65H130O3. The molecule has 0 aromatic carbocycles. The van der Waals surface area contributed by atoms with Gasteiger partial charge in [0.25, 0.3) is 0 Å². The van der Waals surface area contributed by atoms with Crippen LogP contribution in [-0.4, -0.2) is 16.4 Å². The average molecular weight is 960 g/mol. The van der Waals surface area contributed by atoms with Crippen LogP contribution in [0.1, 0.15) is 274 Å². The minimum Gasteiger partial charge on any atom is -0.412 e. The summed E-state index contributed by atoms with van der Waals surface area (Å²) in [5.74, 6) is 18.7. The van der Waals surface area contributed by atoms with E-state index in [0.29, 0.717) is 0 Å². The Morgan fingerprint density at radius 2 is 0.500 bits per heavy atom. The molecule has 68 heavy (non-hydrogen) atoms. The SMILES string of the molecule is C/C=C/C1CCC(C2CCC(C3CCC(C)CC3)CC2)CC1.C=CC1CCC(C2CCC(C3CCC(C)CC3)CC2)CC1.C=CC1CCC(C2CCC(C3CCC(CC)CC3)CC2)CC1.O.O.O.[HH].[HH].[HH].[HH].[HH].[HH]. The number of rotatable bonds is 10. The summed E-state index contributed by atoms with van der Waals surface area (Å²) in [4.78, 5) is 0. The predicted octanol–water partition coefficient (Wildman–Crippen LogP) is 19.6. The molecule has 0 unspecified atom stereocenters. The third kappa shape index (κ3) is 17.9. The third-order valence-corrected chi connectivity index (χ3v) is 22.6. The van der Waals surface area contributed by atoms with E-state index in [-0.39, 0.29) is 25.0 Å². The summed E-state index contributed by atoms with van der Waals surface area (Å²) in [6.07, 6.45) is 65.3. The average Bonchev–Trinajstić information content (AvgIpc) is 3.38. The molecule has 0 bridgehead atoms. The van der Waals surface area contributed by atoms with Gasteiger partial charge in [-0.2, -0.15) is 0 Å². The first-order valence-electron chi connectivity index (χ1n) is 30.7. The Morgan fingerprint density at radius 3 is 0.706 bits per heavy atom. The number of allylic oxidation sites excluding steroid dienone is 4. The van der Waals surface area contributed by atoms with Gasteiger partial charge in [0.2, 0.25) is 0 Å². The molecule has 0 aromatic heterocycles. The largest absolute Gasteiger partial charge is 0.412 e. The van der Waals surface area contributed by atoms with Crippen molar-refractivity contribution in [1.82, 2.24) is 0 Å². The topological polar surface area (TPSA) is 94.5 Å². The molecule has 9 aliphatic rings. The van der Waals surface area contributed by atoms with Crippen molar-refractivity contribution in [3.8, 4) is 0 Å². The van der Waals surface area contributed by atoms with Gasteiger partial charge in [-0.15, -0.1) is 13.2 Å². The zero-order chi connectivity index (χ0) is 45.4. The van der Waals surface area contributed by atoms with Gasteiger partial charge in [-0.3, -0.25) is 0 Å². The maximum Gasteiger partial charge on any atom is 0 e. The van der Waals surface area contributed by atoms with Crippen LogP contribution in [0, 0.1) is 107 Å². The summed E-state index contributed by atoms with van der Waals surface area (Å²) in [5, 5.41) is 0. The molecule has 0 radical (unpaired) electrons. The van der Waals surface area contributed by atoms with E-state index in [0.717, 1.165) is 107 Å². The van der Waals surface area contributed by atoms with Crippen molar-refractivity contribution in [1.29, 1.82) is 0 Å². The molecular weight excluding hydrogens is 829 g/mol. The van der Waals surface area contributed by atoms with Crippen LogP contribution >= 0.6 is 0 Å². The van der Waals surface area contributed by atoms with E-state index in [1.54, 1.807) is 116 Å². The molecule has 9 saturated carbocycles. The van der Waals surface area contributed by atoms with Gasteiger partial charge in [-0.1, -0.05) is 90.0 Å². The summed E-state index contributed by atoms with van der Waals surface area (Å²) in [6.45, 7) is 17.5. The van der Waals surface area contributed by atoms with Crippen molar-refractivity contribution >= 4 is 0 Å². The standard InChI is InChI=1S/2C22H38.C21H36.3H2O.6H2/c1-3-4-18-7-11-20(12-8-18)22-15-13-21(14-16-22)19-9-5-17(2)6-10-19;1-3-17-5-9-19(10-6-17)21-13-15-22(16-14-21)20-11-7-18(4-2)8-12-20;1-3-17-6-10-19(11-7-17)21-14-12-20(13-15-21)18-8-4-16(2)5-9-18;;;;;;;;;/h3-4,17-22H,5-16H2,1-2H3;3,17-22H,1,4-16H2,2H3;3,16-21H,1,4-15H2,2H3;3*1H2;6*1H/b4-3+;;;;;;;;;;;.